The molecule has 0 spiro atoms. The standard InChI is InChI=1S/C19H30N2O/c22-14-11-19-16-21(18-9-5-2-6-10-18)13-12-20(19)15-17-7-3-1-4-8-17/h1,3-4,7-8,18-19,22H,2,5-6,9-16H2/t19-/m1/s1. The van der Waals surface area contributed by atoms with Crippen LogP contribution >= 0.6 is 0 Å². The number of aliphatic hydroxyl groups excluding tert-OH is 1. The highest BCUT2D eigenvalue weighted by molar-refractivity contribution is 5.14. The number of benzene rings is 1. The molecule has 0 amide bonds. The lowest BCUT2D eigenvalue weighted by Crippen LogP contribution is -2.56. The highest BCUT2D eigenvalue weighted by Gasteiger charge is 2.30. The molecule has 122 valence electrons. The molecule has 1 saturated heterocycles. The van der Waals surface area contributed by atoms with Gasteiger partial charge in [-0.2, -0.15) is 0 Å². The summed E-state index contributed by atoms with van der Waals surface area (Å²) in [6, 6.07) is 12.0. The Morgan fingerprint density at radius 2 is 1.77 bits per heavy atom. The minimum atomic E-state index is 0.300. The summed E-state index contributed by atoms with van der Waals surface area (Å²) < 4.78 is 0. The van der Waals surface area contributed by atoms with E-state index < -0.39 is 0 Å². The number of rotatable bonds is 5. The van der Waals surface area contributed by atoms with Crippen molar-refractivity contribution in [2.24, 2.45) is 0 Å². The molecule has 0 radical (unpaired) electrons. The van der Waals surface area contributed by atoms with Crippen LogP contribution in [0.15, 0.2) is 30.3 Å². The lowest BCUT2D eigenvalue weighted by molar-refractivity contribution is 0.0222. The topological polar surface area (TPSA) is 26.7 Å². The predicted molar refractivity (Wildman–Crippen MR) is 90.8 cm³/mol. The number of piperazine rings is 1. The largest absolute Gasteiger partial charge is 0.396 e. The molecule has 0 aromatic heterocycles. The summed E-state index contributed by atoms with van der Waals surface area (Å²) in [6.07, 6.45) is 7.88. The molecule has 3 rings (SSSR count). The first kappa shape index (κ1) is 16.0. The van der Waals surface area contributed by atoms with Gasteiger partial charge in [0.05, 0.1) is 0 Å². The van der Waals surface area contributed by atoms with Gasteiger partial charge in [-0.05, 0) is 24.8 Å². The fraction of sp³-hybridized carbons (Fsp3) is 0.684. The van der Waals surface area contributed by atoms with Gasteiger partial charge < -0.3 is 5.11 Å². The van der Waals surface area contributed by atoms with Crippen LogP contribution in [0.5, 0.6) is 0 Å². The molecule has 3 heteroatoms. The van der Waals surface area contributed by atoms with Crippen LogP contribution in [0.3, 0.4) is 0 Å². The SMILES string of the molecule is OCC[C@@H]1CN(C2CCCCC2)CCN1Cc1ccccc1. The maximum Gasteiger partial charge on any atom is 0.0446 e. The fourth-order valence-corrected chi connectivity index (χ4v) is 4.14. The first-order valence-corrected chi connectivity index (χ1v) is 8.99. The Hall–Kier alpha value is -0.900. The fourth-order valence-electron chi connectivity index (χ4n) is 4.14. The zero-order chi connectivity index (χ0) is 15.2. The molecule has 2 fully saturated rings. The van der Waals surface area contributed by atoms with Crippen molar-refractivity contribution in [2.75, 3.05) is 26.2 Å². The van der Waals surface area contributed by atoms with Gasteiger partial charge in [0, 0.05) is 44.9 Å². The summed E-state index contributed by atoms with van der Waals surface area (Å²) in [5, 5.41) is 9.45. The summed E-state index contributed by atoms with van der Waals surface area (Å²) in [6.45, 7) is 4.78. The Morgan fingerprint density at radius 3 is 2.50 bits per heavy atom. The molecular formula is C19H30N2O. The van der Waals surface area contributed by atoms with Crippen LogP contribution in [0.2, 0.25) is 0 Å². The van der Waals surface area contributed by atoms with Gasteiger partial charge in [0.2, 0.25) is 0 Å². The van der Waals surface area contributed by atoms with Gasteiger partial charge >= 0.3 is 0 Å². The summed E-state index contributed by atoms with van der Waals surface area (Å²) in [4.78, 5) is 5.28. The van der Waals surface area contributed by atoms with Crippen molar-refractivity contribution in [1.82, 2.24) is 9.80 Å². The van der Waals surface area contributed by atoms with Crippen LogP contribution in [0.25, 0.3) is 0 Å². The molecule has 1 aromatic carbocycles. The minimum absolute atomic E-state index is 0.300. The smallest absolute Gasteiger partial charge is 0.0446 e. The van der Waals surface area contributed by atoms with Crippen molar-refractivity contribution >= 4 is 0 Å². The monoisotopic (exact) mass is 302 g/mol. The number of nitrogens with zero attached hydrogens (tertiary/aromatic N) is 2. The molecule has 0 unspecified atom stereocenters. The van der Waals surface area contributed by atoms with E-state index in [-0.39, 0.29) is 0 Å². The predicted octanol–water partition coefficient (Wildman–Crippen LogP) is 2.89. The molecule has 1 aromatic rings. The Morgan fingerprint density at radius 1 is 1.00 bits per heavy atom. The lowest BCUT2D eigenvalue weighted by atomic mass is 9.93. The summed E-state index contributed by atoms with van der Waals surface area (Å²) in [5.41, 5.74) is 1.39. The van der Waals surface area contributed by atoms with E-state index >= 15 is 0 Å². The highest BCUT2D eigenvalue weighted by Crippen LogP contribution is 2.26. The van der Waals surface area contributed by atoms with E-state index in [1.807, 2.05) is 0 Å². The van der Waals surface area contributed by atoms with Gasteiger partial charge in [0.25, 0.3) is 0 Å². The first-order valence-electron chi connectivity index (χ1n) is 8.99. The van der Waals surface area contributed by atoms with Gasteiger partial charge in [-0.1, -0.05) is 49.6 Å². The molecule has 1 N–H and O–H groups in total. The first-order chi connectivity index (χ1) is 10.9. The van der Waals surface area contributed by atoms with Gasteiger partial charge in [-0.25, -0.2) is 0 Å². The van der Waals surface area contributed by atoms with Crippen LogP contribution in [-0.4, -0.2) is 53.2 Å². The Kier molecular flexibility index (Phi) is 5.88. The molecule has 1 saturated carbocycles. The zero-order valence-electron chi connectivity index (χ0n) is 13.7. The number of aliphatic hydroxyl groups is 1. The van der Waals surface area contributed by atoms with Gasteiger partial charge in [0.1, 0.15) is 0 Å². The maximum atomic E-state index is 9.45. The Labute approximate surface area is 134 Å². The van der Waals surface area contributed by atoms with Crippen molar-refractivity contribution in [1.29, 1.82) is 0 Å². The third-order valence-corrected chi connectivity index (χ3v) is 5.42. The lowest BCUT2D eigenvalue weighted by Gasteiger charge is -2.45. The van der Waals surface area contributed by atoms with E-state index in [1.54, 1.807) is 0 Å². The van der Waals surface area contributed by atoms with E-state index in [1.165, 1.54) is 44.2 Å². The second-order valence-corrected chi connectivity index (χ2v) is 6.91. The highest BCUT2D eigenvalue weighted by atomic mass is 16.3. The van der Waals surface area contributed by atoms with Crippen molar-refractivity contribution < 1.29 is 5.11 Å². The van der Waals surface area contributed by atoms with E-state index in [9.17, 15) is 5.11 Å². The van der Waals surface area contributed by atoms with Crippen molar-refractivity contribution in [3.8, 4) is 0 Å². The van der Waals surface area contributed by atoms with Crippen LogP contribution in [-0.2, 0) is 6.54 Å². The zero-order valence-corrected chi connectivity index (χ0v) is 13.7. The van der Waals surface area contributed by atoms with Crippen molar-refractivity contribution in [2.45, 2.75) is 57.2 Å². The molecule has 3 nitrogen and oxygen atoms in total. The number of hydrogen-bond donors (Lipinski definition) is 1. The quantitative estimate of drug-likeness (QED) is 0.906. The average Bonchev–Trinajstić information content (AvgIpc) is 2.58. The molecule has 1 heterocycles. The van der Waals surface area contributed by atoms with Crippen molar-refractivity contribution in [3.05, 3.63) is 35.9 Å². The van der Waals surface area contributed by atoms with Crippen LogP contribution in [0.4, 0.5) is 0 Å². The minimum Gasteiger partial charge on any atom is -0.396 e. The third kappa shape index (κ3) is 4.09. The normalized spacial score (nSPS) is 25.4. The molecule has 0 bridgehead atoms. The second kappa shape index (κ2) is 8.09. The second-order valence-electron chi connectivity index (χ2n) is 6.91. The van der Waals surface area contributed by atoms with Gasteiger partial charge in [0.15, 0.2) is 0 Å². The Balaban J connectivity index is 1.60. The van der Waals surface area contributed by atoms with Crippen molar-refractivity contribution in [3.63, 3.8) is 0 Å². The molecular weight excluding hydrogens is 272 g/mol. The molecule has 1 aliphatic carbocycles. The third-order valence-electron chi connectivity index (χ3n) is 5.42. The van der Waals surface area contributed by atoms with Crippen LogP contribution < -0.4 is 0 Å². The Bertz CT molecular complexity index is 430. The van der Waals surface area contributed by atoms with Crippen LogP contribution in [0, 0.1) is 0 Å². The van der Waals surface area contributed by atoms with Gasteiger partial charge in [-0.15, -0.1) is 0 Å². The molecule has 1 aliphatic heterocycles. The molecule has 1 atom stereocenters. The summed E-state index contributed by atoms with van der Waals surface area (Å²) >= 11 is 0. The average molecular weight is 302 g/mol. The van der Waals surface area contributed by atoms with E-state index in [0.29, 0.717) is 12.6 Å². The maximum absolute atomic E-state index is 9.45. The summed E-state index contributed by atoms with van der Waals surface area (Å²) in [7, 11) is 0. The summed E-state index contributed by atoms with van der Waals surface area (Å²) in [5.74, 6) is 0. The number of hydrogen-bond acceptors (Lipinski definition) is 3. The van der Waals surface area contributed by atoms with E-state index in [0.717, 1.165) is 32.1 Å². The van der Waals surface area contributed by atoms with E-state index in [4.69, 9.17) is 0 Å². The molecule has 2 aliphatic rings. The van der Waals surface area contributed by atoms with Gasteiger partial charge in [-0.3, -0.25) is 9.80 Å². The molecule has 22 heavy (non-hydrogen) atoms. The van der Waals surface area contributed by atoms with Crippen LogP contribution in [0.1, 0.15) is 44.1 Å². The van der Waals surface area contributed by atoms with E-state index in [2.05, 4.69) is 40.1 Å².